The zero-order valence-electron chi connectivity index (χ0n) is 39.5. The number of amidine groups is 1. The summed E-state index contributed by atoms with van der Waals surface area (Å²) in [6.07, 6.45) is 2.80. The molecule has 0 spiro atoms. The van der Waals surface area contributed by atoms with Gasteiger partial charge in [0.25, 0.3) is 12.0 Å². The normalized spacial score (nSPS) is 14.5. The number of aromatic nitrogens is 2. The number of anilines is 1. The van der Waals surface area contributed by atoms with E-state index in [4.69, 9.17) is 19.9 Å². The number of nitrogens with zero attached hydrogens (tertiary/aromatic N) is 5. The van der Waals surface area contributed by atoms with Gasteiger partial charge in [-0.25, -0.2) is 4.98 Å². The predicted molar refractivity (Wildman–Crippen MR) is 257 cm³/mol. The molecule has 0 bridgehead atoms. The van der Waals surface area contributed by atoms with Crippen LogP contribution in [-0.4, -0.2) is 98.4 Å². The summed E-state index contributed by atoms with van der Waals surface area (Å²) in [6, 6.07) is 17.1. The van der Waals surface area contributed by atoms with Crippen LogP contribution in [-0.2, 0) is 60.4 Å². The molecule has 16 nitrogen and oxygen atoms in total. The second kappa shape index (κ2) is 20.4. The Hall–Kier alpha value is -7.07. The predicted octanol–water partition coefficient (Wildman–Crippen LogP) is 6.86. The highest BCUT2D eigenvalue weighted by molar-refractivity contribution is 6.11. The number of likely N-dealkylation sites (tertiary alicyclic amines) is 1. The number of piperidine rings is 1. The molecule has 1 unspecified atom stereocenters. The number of rotatable bonds is 18. The number of pyridine rings is 2. The number of ether oxygens (including phenoxy) is 2. The van der Waals surface area contributed by atoms with Crippen LogP contribution in [0, 0.1) is 11.3 Å². The maximum absolute atomic E-state index is 14.2. The molecular formula is C52H60N6O10. The van der Waals surface area contributed by atoms with Crippen LogP contribution >= 0.6 is 0 Å². The average Bonchev–Trinajstić information content (AvgIpc) is 3.69. The van der Waals surface area contributed by atoms with Gasteiger partial charge in [0.05, 0.1) is 47.5 Å². The lowest BCUT2D eigenvalue weighted by Gasteiger charge is -2.33. The zero-order valence-corrected chi connectivity index (χ0v) is 39.5. The van der Waals surface area contributed by atoms with E-state index in [9.17, 15) is 39.3 Å². The first kappa shape index (κ1) is 48.9. The van der Waals surface area contributed by atoms with Crippen molar-refractivity contribution in [2.75, 3.05) is 38.1 Å². The highest BCUT2D eigenvalue weighted by atomic mass is 16.6. The van der Waals surface area contributed by atoms with Crippen LogP contribution in [0.25, 0.3) is 22.3 Å². The van der Waals surface area contributed by atoms with Gasteiger partial charge in [0.15, 0.2) is 0 Å². The number of benzene rings is 3. The van der Waals surface area contributed by atoms with Gasteiger partial charge in [-0.15, -0.1) is 0 Å². The summed E-state index contributed by atoms with van der Waals surface area (Å²) in [5, 5.41) is 40.8. The topological polar surface area (TPSA) is 216 Å². The van der Waals surface area contributed by atoms with Gasteiger partial charge in [0.2, 0.25) is 5.91 Å². The number of phenols is 3. The van der Waals surface area contributed by atoms with Crippen molar-refractivity contribution in [3.8, 4) is 28.6 Å². The number of carbonyl (C=O) groups is 4. The number of esters is 1. The smallest absolute Gasteiger partial charge is 0.308 e. The number of aldehydes is 1. The number of aryl methyl sites for hydroxylation is 1. The summed E-state index contributed by atoms with van der Waals surface area (Å²) in [7, 11) is 1.68. The van der Waals surface area contributed by atoms with E-state index in [1.807, 2.05) is 52.0 Å². The van der Waals surface area contributed by atoms with Gasteiger partial charge in [-0.2, -0.15) is 0 Å². The second-order valence-corrected chi connectivity index (χ2v) is 18.2. The average molecular weight is 929 g/mol. The Kier molecular flexibility index (Phi) is 14.7. The van der Waals surface area contributed by atoms with Crippen LogP contribution in [0.3, 0.4) is 0 Å². The van der Waals surface area contributed by atoms with Crippen molar-refractivity contribution >= 4 is 47.1 Å². The van der Waals surface area contributed by atoms with Crippen LogP contribution in [0.1, 0.15) is 105 Å². The first-order chi connectivity index (χ1) is 32.5. The van der Waals surface area contributed by atoms with E-state index in [-0.39, 0.29) is 96.6 Å². The Balaban J connectivity index is 0.964. The quantitative estimate of drug-likeness (QED) is 0.0300. The molecule has 0 aliphatic carbocycles. The number of carbonyl (C=O) groups excluding carboxylic acids is 4. The van der Waals surface area contributed by atoms with Crippen molar-refractivity contribution in [1.29, 1.82) is 5.41 Å². The second-order valence-electron chi connectivity index (χ2n) is 18.2. The van der Waals surface area contributed by atoms with Crippen molar-refractivity contribution in [3.05, 3.63) is 110 Å². The molecule has 0 radical (unpaired) electrons. The van der Waals surface area contributed by atoms with E-state index in [2.05, 4.69) is 4.90 Å². The lowest BCUT2D eigenvalue weighted by atomic mass is 9.88. The van der Waals surface area contributed by atoms with E-state index >= 15 is 0 Å². The monoisotopic (exact) mass is 928 g/mol. The van der Waals surface area contributed by atoms with Gasteiger partial charge < -0.3 is 44.0 Å². The summed E-state index contributed by atoms with van der Waals surface area (Å²) >= 11 is 0. The lowest BCUT2D eigenvalue weighted by Crippen LogP contribution is -2.42. The molecule has 4 N–H and O–H groups in total. The van der Waals surface area contributed by atoms with Gasteiger partial charge in [-0.3, -0.25) is 29.5 Å². The number of aromatic hydroxyl groups is 3. The number of amides is 1. The third-order valence-electron chi connectivity index (χ3n) is 13.5. The molecule has 4 heterocycles. The van der Waals surface area contributed by atoms with Crippen LogP contribution in [0.5, 0.6) is 17.2 Å². The number of hydrogen-bond donors (Lipinski definition) is 4. The highest BCUT2D eigenvalue weighted by Gasteiger charge is 2.37. The van der Waals surface area contributed by atoms with E-state index < -0.39 is 11.6 Å². The highest BCUT2D eigenvalue weighted by Crippen LogP contribution is 2.41. The Morgan fingerprint density at radius 1 is 0.985 bits per heavy atom. The molecule has 358 valence electrons. The van der Waals surface area contributed by atoms with Gasteiger partial charge in [0.1, 0.15) is 41.6 Å². The summed E-state index contributed by atoms with van der Waals surface area (Å²) < 4.78 is 12.9. The maximum atomic E-state index is 14.2. The number of phenolic OH excluding ortho intramolecular Hbond substituents is 3. The first-order valence-electron chi connectivity index (χ1n) is 23.1. The van der Waals surface area contributed by atoms with Crippen LogP contribution in [0.15, 0.2) is 65.5 Å². The van der Waals surface area contributed by atoms with Gasteiger partial charge in [-0.05, 0) is 111 Å². The molecular weight excluding hydrogens is 869 g/mol. The van der Waals surface area contributed by atoms with Gasteiger partial charge in [-0.1, -0.05) is 39.8 Å². The van der Waals surface area contributed by atoms with Crippen LogP contribution < -0.4 is 10.5 Å². The van der Waals surface area contributed by atoms with Crippen molar-refractivity contribution in [2.24, 2.45) is 5.92 Å². The molecule has 2 aliphatic heterocycles. The minimum Gasteiger partial charge on any atom is -0.508 e. The third kappa shape index (κ3) is 9.82. The Labute approximate surface area is 395 Å². The molecule has 1 atom stereocenters. The molecule has 1 amide bonds. The summed E-state index contributed by atoms with van der Waals surface area (Å²) in [4.78, 5) is 74.9. The fourth-order valence-corrected chi connectivity index (χ4v) is 9.54. The Bertz CT molecular complexity index is 2810. The largest absolute Gasteiger partial charge is 0.508 e. The molecule has 0 saturated carbocycles. The van der Waals surface area contributed by atoms with Crippen LogP contribution in [0.4, 0.5) is 5.69 Å². The number of hydrogen-bond acceptors (Lipinski definition) is 13. The molecule has 3 aromatic carbocycles. The summed E-state index contributed by atoms with van der Waals surface area (Å²) in [6.45, 7) is 11.6. The zero-order chi connectivity index (χ0) is 49.0. The molecule has 68 heavy (non-hydrogen) atoms. The molecule has 1 saturated heterocycles. The molecule has 5 aromatic rings. The molecule has 2 aliphatic rings. The van der Waals surface area contributed by atoms with E-state index in [0.29, 0.717) is 85.3 Å². The van der Waals surface area contributed by atoms with Crippen LogP contribution in [0.2, 0.25) is 0 Å². The standard InChI is InChI=1S/C52H60N6O10/c1-7-36-38-23-35(61)13-14-43(38)54-48-40(36)28-58-44(48)25-42(41(51(58)66)29-67-30-60)52(5,8-2)68-47(64)17-18-55(6)50(65)33-15-19-56(20-16-33)27-32-9-11-34(12-10-32)57(21-22-59)49(53)39-24-37(31(3)4)45(62)26-46(39)63/h9-14,22-26,30-31,33,53,61-63H,7-8,15-21,27-29H2,1-6H3. The van der Waals surface area contributed by atoms with Gasteiger partial charge in [0, 0.05) is 54.3 Å². The molecule has 2 aromatic heterocycles. The summed E-state index contributed by atoms with van der Waals surface area (Å²) in [5.74, 6) is -1.16. The van der Waals surface area contributed by atoms with E-state index in [1.54, 1.807) is 53.8 Å². The van der Waals surface area contributed by atoms with Gasteiger partial charge >= 0.3 is 5.97 Å². The molecule has 1 fully saturated rings. The third-order valence-corrected chi connectivity index (χ3v) is 13.5. The van der Waals surface area contributed by atoms with Crippen molar-refractivity contribution in [2.45, 2.75) is 97.9 Å². The summed E-state index contributed by atoms with van der Waals surface area (Å²) in [5.41, 5.74) is 4.97. The van der Waals surface area contributed by atoms with E-state index in [0.717, 1.165) is 22.1 Å². The molecule has 16 heteroatoms. The van der Waals surface area contributed by atoms with E-state index in [1.165, 1.54) is 11.0 Å². The number of fused-ring (bicyclic) bond motifs is 4. The SMILES string of the molecule is CCc1c2c(nc3ccc(O)cc13)-c1cc(C(C)(CC)OC(=O)CCN(C)C(=O)C3CCN(Cc4ccc(N(CC=O)C(=N)c5cc(C(C)C)c(O)cc5O)cc4)CC3)c(COC=O)c(=O)n1C2. The first-order valence-corrected chi connectivity index (χ1v) is 23.1. The maximum Gasteiger partial charge on any atom is 0.308 e. The minimum atomic E-state index is -1.30. The Morgan fingerprint density at radius 3 is 2.35 bits per heavy atom. The minimum absolute atomic E-state index is 0.0508. The van der Waals surface area contributed by atoms with Crippen molar-refractivity contribution in [1.82, 2.24) is 19.4 Å². The lowest BCUT2D eigenvalue weighted by molar-refractivity contribution is -0.160. The fourth-order valence-electron chi connectivity index (χ4n) is 9.54. The Morgan fingerprint density at radius 2 is 1.71 bits per heavy atom. The molecule has 7 rings (SSSR count). The number of nitrogens with one attached hydrogen (secondary N) is 1. The van der Waals surface area contributed by atoms with Crippen molar-refractivity contribution < 1.29 is 44.0 Å². The fraction of sp³-hybridized carbons (Fsp3) is 0.404. The van der Waals surface area contributed by atoms with Crippen molar-refractivity contribution in [3.63, 3.8) is 0 Å².